The molecule has 0 radical (unpaired) electrons. The number of phenols is 2. The normalized spacial score (nSPS) is 13.9. The lowest BCUT2D eigenvalue weighted by molar-refractivity contribution is -0.143. The Bertz CT molecular complexity index is 1200. The van der Waals surface area contributed by atoms with Crippen molar-refractivity contribution in [2.45, 2.75) is 57.3 Å². The molecule has 40 heavy (non-hydrogen) atoms. The van der Waals surface area contributed by atoms with E-state index in [9.17, 15) is 39.3 Å². The highest BCUT2D eigenvalue weighted by Crippen LogP contribution is 2.14. The topological polar surface area (TPSA) is 234 Å². The number of amides is 4. The Labute approximate surface area is 230 Å². The highest BCUT2D eigenvalue weighted by molar-refractivity contribution is 5.95. The van der Waals surface area contributed by atoms with E-state index in [4.69, 9.17) is 11.5 Å². The quantitative estimate of drug-likeness (QED) is 0.146. The zero-order valence-corrected chi connectivity index (χ0v) is 22.2. The van der Waals surface area contributed by atoms with Gasteiger partial charge in [-0.15, -0.1) is 0 Å². The molecule has 4 amide bonds. The van der Waals surface area contributed by atoms with Crippen LogP contribution < -0.4 is 27.4 Å². The minimum Gasteiger partial charge on any atom is -0.508 e. The number of nitrogens with one attached hydrogen (secondary N) is 3. The minimum absolute atomic E-state index is 0.0209. The molecule has 0 saturated heterocycles. The maximum absolute atomic E-state index is 13.3. The molecule has 0 spiro atoms. The number of primary amides is 1. The number of carbonyl (C=O) groups excluding carboxylic acids is 4. The zero-order valence-electron chi connectivity index (χ0n) is 22.2. The Hall–Kier alpha value is -4.65. The van der Waals surface area contributed by atoms with Crippen molar-refractivity contribution in [2.75, 3.05) is 0 Å². The highest BCUT2D eigenvalue weighted by atomic mass is 16.4. The molecule has 4 atom stereocenters. The molecule has 216 valence electrons. The van der Waals surface area contributed by atoms with Crippen LogP contribution in [0.25, 0.3) is 0 Å². The number of hydrogen-bond donors (Lipinski definition) is 8. The summed E-state index contributed by atoms with van der Waals surface area (Å²) in [5, 5.41) is 35.7. The summed E-state index contributed by atoms with van der Waals surface area (Å²) in [5.41, 5.74) is 12.4. The number of carbonyl (C=O) groups is 5. The first-order valence-electron chi connectivity index (χ1n) is 12.5. The van der Waals surface area contributed by atoms with E-state index in [1.165, 1.54) is 36.4 Å². The van der Waals surface area contributed by atoms with Gasteiger partial charge in [0.2, 0.25) is 23.6 Å². The molecule has 4 unspecified atom stereocenters. The van der Waals surface area contributed by atoms with E-state index in [0.29, 0.717) is 11.1 Å². The Kier molecular flexibility index (Phi) is 11.4. The average Bonchev–Trinajstić information content (AvgIpc) is 2.88. The van der Waals surface area contributed by atoms with Gasteiger partial charge in [-0.1, -0.05) is 38.1 Å². The Morgan fingerprint density at radius 1 is 0.725 bits per heavy atom. The van der Waals surface area contributed by atoms with Crippen LogP contribution in [0.2, 0.25) is 0 Å². The molecule has 0 heterocycles. The lowest BCUT2D eigenvalue weighted by Crippen LogP contribution is -2.59. The number of aromatic hydroxyl groups is 2. The smallest absolute Gasteiger partial charge is 0.326 e. The fraction of sp³-hybridized carbons (Fsp3) is 0.370. The standard InChI is InChI=1S/C27H35N5O8/c1-14(2)23(32-24(36)19(28)11-15-3-7-17(33)8-4-15)26(38)30-20(12-16-5-9-18(34)10-6-16)25(37)31-21(27(39)40)13-22(29)35/h3-10,14,19-21,23,33-34H,11-13,28H2,1-2H3,(H2,29,35)(H,30,38)(H,31,37)(H,32,36)(H,39,40). The molecular weight excluding hydrogens is 522 g/mol. The molecule has 0 aliphatic carbocycles. The second-order valence-electron chi connectivity index (χ2n) is 9.71. The van der Waals surface area contributed by atoms with E-state index in [1.807, 2.05) is 0 Å². The lowest BCUT2D eigenvalue weighted by Gasteiger charge is -2.27. The fourth-order valence-corrected chi connectivity index (χ4v) is 3.79. The lowest BCUT2D eigenvalue weighted by atomic mass is 9.99. The number of carboxylic acids is 1. The van der Waals surface area contributed by atoms with Crippen LogP contribution in [0.15, 0.2) is 48.5 Å². The number of phenolic OH excluding ortho intramolecular Hbond substituents is 2. The predicted molar refractivity (Wildman–Crippen MR) is 144 cm³/mol. The Balaban J connectivity index is 2.20. The van der Waals surface area contributed by atoms with Gasteiger partial charge in [0.1, 0.15) is 29.6 Å². The van der Waals surface area contributed by atoms with Crippen molar-refractivity contribution in [2.24, 2.45) is 17.4 Å². The van der Waals surface area contributed by atoms with Gasteiger partial charge in [0.05, 0.1) is 12.5 Å². The number of benzene rings is 2. The maximum atomic E-state index is 13.3. The van der Waals surface area contributed by atoms with E-state index in [-0.39, 0.29) is 24.3 Å². The zero-order chi connectivity index (χ0) is 30.0. The van der Waals surface area contributed by atoms with Crippen molar-refractivity contribution >= 4 is 29.6 Å². The van der Waals surface area contributed by atoms with E-state index in [1.54, 1.807) is 26.0 Å². The number of aliphatic carboxylic acids is 1. The van der Waals surface area contributed by atoms with E-state index < -0.39 is 66.1 Å². The van der Waals surface area contributed by atoms with Gasteiger partial charge in [-0.3, -0.25) is 19.2 Å². The van der Waals surface area contributed by atoms with E-state index in [2.05, 4.69) is 16.0 Å². The van der Waals surface area contributed by atoms with Crippen LogP contribution in [0, 0.1) is 5.92 Å². The summed E-state index contributed by atoms with van der Waals surface area (Å²) in [7, 11) is 0. The fourth-order valence-electron chi connectivity index (χ4n) is 3.79. The predicted octanol–water partition coefficient (Wildman–Crippen LogP) is -0.719. The van der Waals surface area contributed by atoms with Crippen molar-refractivity contribution in [1.82, 2.24) is 16.0 Å². The van der Waals surface area contributed by atoms with Crippen LogP contribution in [-0.4, -0.2) is 69.1 Å². The monoisotopic (exact) mass is 557 g/mol. The van der Waals surface area contributed by atoms with Crippen molar-refractivity contribution < 1.29 is 39.3 Å². The van der Waals surface area contributed by atoms with Gasteiger partial charge in [-0.2, -0.15) is 0 Å². The third kappa shape index (κ3) is 9.91. The van der Waals surface area contributed by atoms with Gasteiger partial charge < -0.3 is 42.7 Å². The van der Waals surface area contributed by atoms with E-state index >= 15 is 0 Å². The Morgan fingerprint density at radius 3 is 1.65 bits per heavy atom. The van der Waals surface area contributed by atoms with Crippen molar-refractivity contribution in [3.8, 4) is 11.5 Å². The molecule has 10 N–H and O–H groups in total. The van der Waals surface area contributed by atoms with Crippen LogP contribution in [-0.2, 0) is 36.8 Å². The molecule has 0 bridgehead atoms. The molecule has 2 aromatic rings. The molecule has 0 aliphatic rings. The first-order valence-corrected chi connectivity index (χ1v) is 12.5. The van der Waals surface area contributed by atoms with Crippen LogP contribution in [0.5, 0.6) is 11.5 Å². The van der Waals surface area contributed by atoms with Crippen LogP contribution in [0.3, 0.4) is 0 Å². The Morgan fingerprint density at radius 2 is 1.20 bits per heavy atom. The summed E-state index contributed by atoms with van der Waals surface area (Å²) in [4.78, 5) is 62.0. The molecule has 0 aromatic heterocycles. The second-order valence-corrected chi connectivity index (χ2v) is 9.71. The summed E-state index contributed by atoms with van der Waals surface area (Å²) in [6.07, 6.45) is -0.620. The van der Waals surface area contributed by atoms with Gasteiger partial charge in [0.25, 0.3) is 0 Å². The highest BCUT2D eigenvalue weighted by Gasteiger charge is 2.32. The molecule has 0 saturated carbocycles. The number of nitrogens with two attached hydrogens (primary N) is 2. The first kappa shape index (κ1) is 31.6. The summed E-state index contributed by atoms with van der Waals surface area (Å²) in [6.45, 7) is 3.36. The number of hydrogen-bond acceptors (Lipinski definition) is 8. The SMILES string of the molecule is CC(C)C(NC(=O)C(N)Cc1ccc(O)cc1)C(=O)NC(Cc1ccc(O)cc1)C(=O)NC(CC(N)=O)C(=O)O. The number of carboxylic acid groups (broad SMARTS) is 1. The molecule has 0 fully saturated rings. The van der Waals surface area contributed by atoms with Crippen molar-refractivity contribution in [3.05, 3.63) is 59.7 Å². The summed E-state index contributed by atoms with van der Waals surface area (Å²) < 4.78 is 0. The largest absolute Gasteiger partial charge is 0.508 e. The summed E-state index contributed by atoms with van der Waals surface area (Å²) in [5.74, 6) is -5.05. The van der Waals surface area contributed by atoms with Crippen LogP contribution in [0.4, 0.5) is 0 Å². The van der Waals surface area contributed by atoms with Crippen LogP contribution >= 0.6 is 0 Å². The van der Waals surface area contributed by atoms with Gasteiger partial charge in [-0.05, 0) is 47.7 Å². The minimum atomic E-state index is -1.62. The number of rotatable bonds is 14. The van der Waals surface area contributed by atoms with Gasteiger partial charge in [0.15, 0.2) is 0 Å². The van der Waals surface area contributed by atoms with Gasteiger partial charge >= 0.3 is 5.97 Å². The average molecular weight is 558 g/mol. The molecule has 13 heteroatoms. The molecular formula is C27H35N5O8. The molecule has 2 aromatic carbocycles. The van der Waals surface area contributed by atoms with Gasteiger partial charge in [0, 0.05) is 6.42 Å². The van der Waals surface area contributed by atoms with Crippen molar-refractivity contribution in [3.63, 3.8) is 0 Å². The third-order valence-corrected chi connectivity index (χ3v) is 6.00. The summed E-state index contributed by atoms with van der Waals surface area (Å²) >= 11 is 0. The van der Waals surface area contributed by atoms with Crippen molar-refractivity contribution in [1.29, 1.82) is 0 Å². The van der Waals surface area contributed by atoms with Gasteiger partial charge in [-0.25, -0.2) is 4.79 Å². The summed E-state index contributed by atoms with van der Waals surface area (Å²) in [6, 6.07) is 6.90. The molecule has 0 aliphatic heterocycles. The van der Waals surface area contributed by atoms with E-state index in [0.717, 1.165) is 0 Å². The third-order valence-electron chi connectivity index (χ3n) is 6.00. The maximum Gasteiger partial charge on any atom is 0.326 e. The first-order chi connectivity index (χ1) is 18.8. The molecule has 2 rings (SSSR count). The van der Waals surface area contributed by atoms with Crippen LogP contribution in [0.1, 0.15) is 31.4 Å². The second kappa shape index (κ2) is 14.5. The molecule has 13 nitrogen and oxygen atoms in total.